The topological polar surface area (TPSA) is 112 Å². The molecule has 5 aromatic heterocycles. The molecule has 0 radical (unpaired) electrons. The lowest BCUT2D eigenvalue weighted by Crippen LogP contribution is -2.09. The maximum atomic E-state index is 15.1. The van der Waals surface area contributed by atoms with Crippen LogP contribution in [0.5, 0.6) is 0 Å². The second kappa shape index (κ2) is 8.41. The minimum Gasteiger partial charge on any atom is -0.335 e. The minimum absolute atomic E-state index is 0.122. The fraction of sp³-hybridized carbons (Fsp3) is 0.0800. The van der Waals surface area contributed by atoms with Gasteiger partial charge in [-0.2, -0.15) is 16.4 Å². The van der Waals surface area contributed by atoms with Gasteiger partial charge < -0.3 is 10.3 Å². The second-order valence-electron chi connectivity index (χ2n) is 7.97. The van der Waals surface area contributed by atoms with E-state index in [4.69, 9.17) is 0 Å². The van der Waals surface area contributed by atoms with E-state index >= 15 is 4.39 Å². The fourth-order valence-corrected chi connectivity index (χ4v) is 4.68. The third-order valence-corrected chi connectivity index (χ3v) is 6.43. The molecule has 3 N–H and O–H groups in total. The molecular formula is C25H18FN7OS. The Morgan fingerprint density at radius 2 is 2.06 bits per heavy atom. The first-order valence-corrected chi connectivity index (χ1v) is 11.9. The van der Waals surface area contributed by atoms with E-state index in [0.717, 1.165) is 16.6 Å². The van der Waals surface area contributed by atoms with E-state index in [1.165, 1.54) is 6.07 Å². The number of hydrogen-bond acceptors (Lipinski definition) is 6. The predicted octanol–water partition coefficient (Wildman–Crippen LogP) is 5.78. The Morgan fingerprint density at radius 3 is 2.89 bits per heavy atom. The summed E-state index contributed by atoms with van der Waals surface area (Å²) >= 11 is 1.62. The van der Waals surface area contributed by atoms with Gasteiger partial charge in [0.05, 0.1) is 17.4 Å². The maximum absolute atomic E-state index is 15.1. The first kappa shape index (κ1) is 21.1. The molecule has 1 aromatic carbocycles. The molecule has 0 aliphatic rings. The van der Waals surface area contributed by atoms with Crippen LogP contribution in [0.1, 0.15) is 13.3 Å². The SMILES string of the molecule is CCC(=O)Nc1cncc(-c2cc(F)c3n[nH]c(-c4nc5nccc(-c6ccsc6)c5[nH]4)c3c2)c1. The number of carbonyl (C=O) groups is 1. The molecule has 0 saturated carbocycles. The molecule has 5 heterocycles. The van der Waals surface area contributed by atoms with E-state index in [9.17, 15) is 4.79 Å². The monoisotopic (exact) mass is 483 g/mol. The molecule has 0 bridgehead atoms. The quantitative estimate of drug-likeness (QED) is 0.288. The van der Waals surface area contributed by atoms with Gasteiger partial charge in [0.15, 0.2) is 17.3 Å². The Labute approximate surface area is 202 Å². The summed E-state index contributed by atoms with van der Waals surface area (Å²) in [5.41, 5.74) is 5.99. The van der Waals surface area contributed by atoms with Gasteiger partial charge in [0, 0.05) is 35.3 Å². The maximum Gasteiger partial charge on any atom is 0.224 e. The molecule has 0 saturated heterocycles. The fourth-order valence-electron chi connectivity index (χ4n) is 4.03. The number of pyridine rings is 2. The molecule has 0 spiro atoms. The van der Waals surface area contributed by atoms with E-state index in [1.807, 2.05) is 23.6 Å². The molecule has 35 heavy (non-hydrogen) atoms. The van der Waals surface area contributed by atoms with Gasteiger partial charge in [-0.25, -0.2) is 14.4 Å². The van der Waals surface area contributed by atoms with E-state index in [-0.39, 0.29) is 11.4 Å². The van der Waals surface area contributed by atoms with E-state index in [1.54, 1.807) is 42.9 Å². The summed E-state index contributed by atoms with van der Waals surface area (Å²) in [6, 6.07) is 8.98. The van der Waals surface area contributed by atoms with Crippen LogP contribution in [0.2, 0.25) is 0 Å². The summed E-state index contributed by atoms with van der Waals surface area (Å²) in [5, 5.41) is 14.5. The van der Waals surface area contributed by atoms with Gasteiger partial charge in [0.2, 0.25) is 5.91 Å². The van der Waals surface area contributed by atoms with Crippen LogP contribution >= 0.6 is 11.3 Å². The second-order valence-corrected chi connectivity index (χ2v) is 8.75. The lowest BCUT2D eigenvalue weighted by atomic mass is 10.0. The van der Waals surface area contributed by atoms with Crippen molar-refractivity contribution >= 4 is 45.0 Å². The molecule has 0 atom stereocenters. The third kappa shape index (κ3) is 3.73. The summed E-state index contributed by atoms with van der Waals surface area (Å²) in [6.07, 6.45) is 5.26. The smallest absolute Gasteiger partial charge is 0.224 e. The van der Waals surface area contributed by atoms with E-state index < -0.39 is 5.82 Å². The molecule has 6 aromatic rings. The average molecular weight is 484 g/mol. The van der Waals surface area contributed by atoms with Crippen LogP contribution in [0.15, 0.2) is 59.7 Å². The van der Waals surface area contributed by atoms with Gasteiger partial charge in [-0.15, -0.1) is 0 Å². The van der Waals surface area contributed by atoms with Crippen LogP contribution in [0.3, 0.4) is 0 Å². The van der Waals surface area contributed by atoms with Crippen molar-refractivity contribution in [3.63, 3.8) is 0 Å². The van der Waals surface area contributed by atoms with Crippen LogP contribution in [0, 0.1) is 5.82 Å². The van der Waals surface area contributed by atoms with Crippen molar-refractivity contribution in [2.75, 3.05) is 5.32 Å². The Kier molecular flexibility index (Phi) is 5.07. The van der Waals surface area contributed by atoms with E-state index in [2.05, 4.69) is 40.8 Å². The highest BCUT2D eigenvalue weighted by molar-refractivity contribution is 7.08. The summed E-state index contributed by atoms with van der Waals surface area (Å²) in [4.78, 5) is 28.4. The number of aromatic amines is 2. The van der Waals surface area contributed by atoms with Gasteiger partial charge in [0.25, 0.3) is 0 Å². The van der Waals surface area contributed by atoms with Crippen molar-refractivity contribution in [1.29, 1.82) is 0 Å². The highest BCUT2D eigenvalue weighted by Gasteiger charge is 2.18. The Hall–Kier alpha value is -4.44. The van der Waals surface area contributed by atoms with Crippen molar-refractivity contribution < 1.29 is 9.18 Å². The summed E-state index contributed by atoms with van der Waals surface area (Å²) in [6.45, 7) is 1.77. The van der Waals surface area contributed by atoms with Gasteiger partial charge in [0.1, 0.15) is 11.2 Å². The minimum atomic E-state index is -0.476. The number of carbonyl (C=O) groups excluding carboxylic acids is 1. The number of amides is 1. The number of hydrogen-bond donors (Lipinski definition) is 3. The number of halogens is 1. The number of nitrogens with zero attached hydrogens (tertiary/aromatic N) is 4. The third-order valence-electron chi connectivity index (χ3n) is 5.75. The van der Waals surface area contributed by atoms with Gasteiger partial charge >= 0.3 is 0 Å². The number of fused-ring (bicyclic) bond motifs is 2. The van der Waals surface area contributed by atoms with Gasteiger partial charge in [-0.05, 0) is 52.2 Å². The van der Waals surface area contributed by atoms with Crippen LogP contribution in [-0.4, -0.2) is 36.0 Å². The molecule has 0 aliphatic carbocycles. The Morgan fingerprint density at radius 1 is 1.14 bits per heavy atom. The van der Waals surface area contributed by atoms with E-state index in [0.29, 0.717) is 45.8 Å². The molecule has 6 rings (SSSR count). The number of nitrogens with one attached hydrogen (secondary N) is 3. The lowest BCUT2D eigenvalue weighted by molar-refractivity contribution is -0.115. The van der Waals surface area contributed by atoms with Crippen LogP contribution in [-0.2, 0) is 4.79 Å². The summed E-state index contributed by atoms with van der Waals surface area (Å²) in [7, 11) is 0. The summed E-state index contributed by atoms with van der Waals surface area (Å²) in [5.74, 6) is -0.0875. The van der Waals surface area contributed by atoms with Crippen molar-refractivity contribution in [2.45, 2.75) is 13.3 Å². The standard InChI is InChI=1S/C25H18FN7OS/c1-2-20(34)29-16-7-15(10-27-11-16)14-8-18-21(19(26)9-14)32-33-23(18)25-30-22-17(13-4-6-35-12-13)3-5-28-24(22)31-25/h3-12H,2H2,1H3,(H,29,34)(H,32,33)(H,28,30,31). The largest absolute Gasteiger partial charge is 0.335 e. The number of thiophene rings is 1. The highest BCUT2D eigenvalue weighted by atomic mass is 32.1. The van der Waals surface area contributed by atoms with Gasteiger partial charge in [-0.3, -0.25) is 14.9 Å². The first-order valence-electron chi connectivity index (χ1n) is 10.9. The molecule has 172 valence electrons. The zero-order valence-electron chi connectivity index (χ0n) is 18.5. The Bertz CT molecular complexity index is 1700. The number of benzene rings is 1. The lowest BCUT2D eigenvalue weighted by Gasteiger charge is -2.07. The molecule has 0 unspecified atom stereocenters. The number of aromatic nitrogens is 6. The normalized spacial score (nSPS) is 11.4. The van der Waals surface area contributed by atoms with Crippen molar-refractivity contribution in [3.05, 3.63) is 65.5 Å². The number of imidazole rings is 1. The van der Waals surface area contributed by atoms with Crippen LogP contribution in [0.4, 0.5) is 10.1 Å². The van der Waals surface area contributed by atoms with Crippen LogP contribution in [0.25, 0.3) is 55.8 Å². The Balaban J connectivity index is 1.47. The van der Waals surface area contributed by atoms with Gasteiger partial charge in [-0.1, -0.05) is 6.92 Å². The summed E-state index contributed by atoms with van der Waals surface area (Å²) < 4.78 is 15.1. The van der Waals surface area contributed by atoms with Crippen molar-refractivity contribution in [3.8, 4) is 33.8 Å². The molecular weight excluding hydrogens is 465 g/mol. The first-order chi connectivity index (χ1) is 17.1. The predicted molar refractivity (Wildman–Crippen MR) is 134 cm³/mol. The number of rotatable bonds is 5. The molecule has 10 heteroatoms. The van der Waals surface area contributed by atoms with Crippen molar-refractivity contribution in [2.24, 2.45) is 0 Å². The molecule has 8 nitrogen and oxygen atoms in total. The van der Waals surface area contributed by atoms with Crippen molar-refractivity contribution in [1.82, 2.24) is 30.1 Å². The molecule has 0 aliphatic heterocycles. The average Bonchev–Trinajstić information content (AvgIpc) is 3.63. The highest BCUT2D eigenvalue weighted by Crippen LogP contribution is 2.34. The number of anilines is 1. The zero-order valence-corrected chi connectivity index (χ0v) is 19.3. The number of H-pyrrole nitrogens is 2. The molecule has 0 fully saturated rings. The molecule has 1 amide bonds. The zero-order chi connectivity index (χ0) is 23.9. The van der Waals surface area contributed by atoms with Crippen LogP contribution < -0.4 is 5.32 Å².